The Morgan fingerprint density at radius 3 is 1.70 bits per heavy atom. The lowest BCUT2D eigenvalue weighted by molar-refractivity contribution is 0.300. The summed E-state index contributed by atoms with van der Waals surface area (Å²) in [5, 5.41) is 1.82. The van der Waals surface area contributed by atoms with Crippen LogP contribution < -0.4 is 0 Å². The smallest absolute Gasteiger partial charge is 0.149 e. The zero-order valence-corrected chi connectivity index (χ0v) is 28.5. The molecular formula is C32H44OP4. The monoisotopic (exact) mass is 568 g/mol. The summed E-state index contributed by atoms with van der Waals surface area (Å²) in [6.07, 6.45) is 2.44. The summed E-state index contributed by atoms with van der Waals surface area (Å²) < 4.78 is 7.83. The first kappa shape index (κ1) is 27.1. The highest BCUT2D eigenvalue weighted by atomic mass is 32.0. The quantitative estimate of drug-likeness (QED) is 0.315. The Morgan fingerprint density at radius 1 is 0.757 bits per heavy atom. The lowest BCUT2D eigenvalue weighted by Gasteiger charge is -2.41. The van der Waals surface area contributed by atoms with Gasteiger partial charge in [-0.3, -0.25) is 0 Å². The van der Waals surface area contributed by atoms with Crippen LogP contribution in [0.5, 0.6) is 0 Å². The molecule has 0 spiro atoms. The molecule has 5 aliphatic rings. The second-order valence-electron chi connectivity index (χ2n) is 13.4. The average molecular weight is 569 g/mol. The minimum Gasteiger partial charge on any atom is -0.336 e. The van der Waals surface area contributed by atoms with Crippen molar-refractivity contribution in [3.63, 3.8) is 0 Å². The number of benzene rings is 2. The molecule has 7 rings (SSSR count). The summed E-state index contributed by atoms with van der Waals surface area (Å²) >= 11 is 0. The molecule has 5 heteroatoms. The molecule has 0 aromatic heterocycles. The van der Waals surface area contributed by atoms with Gasteiger partial charge in [0.25, 0.3) is 0 Å². The third-order valence-corrected chi connectivity index (χ3v) is 29.3. The summed E-state index contributed by atoms with van der Waals surface area (Å²) in [5.74, 6) is 0. The predicted octanol–water partition coefficient (Wildman–Crippen LogP) is 11.5. The van der Waals surface area contributed by atoms with Crippen molar-refractivity contribution < 1.29 is 4.52 Å². The Bertz CT molecular complexity index is 1340. The van der Waals surface area contributed by atoms with Gasteiger partial charge in [0.2, 0.25) is 0 Å². The van der Waals surface area contributed by atoms with Gasteiger partial charge in [-0.2, -0.15) is 0 Å². The van der Waals surface area contributed by atoms with Gasteiger partial charge in [0.05, 0.1) is 17.9 Å². The van der Waals surface area contributed by atoms with E-state index in [-0.39, 0.29) is 28.4 Å². The Labute approximate surface area is 231 Å². The standard InChI is InChI=1S/C32H44OP4/c1-13-28(9,10)27-34-37-31(26-23(7)17-20(4)18-24(26)8)33-36-30(35(27)31,32(36,37)29(11,12)14-2)25-21(5)15-19(3)16-22(25)6/h15-18H,13-14H2,1-12H3/t30-,31+,32-,35?,36?,37?/m1/s1. The molecular weight excluding hydrogens is 524 g/mol. The summed E-state index contributed by atoms with van der Waals surface area (Å²) in [4.78, 5) is 0.552. The lowest BCUT2D eigenvalue weighted by Crippen LogP contribution is -2.36. The molecule has 6 atom stereocenters. The van der Waals surface area contributed by atoms with Gasteiger partial charge >= 0.3 is 0 Å². The maximum Gasteiger partial charge on any atom is 0.149 e. The van der Waals surface area contributed by atoms with Crippen LogP contribution in [0.2, 0.25) is 0 Å². The molecule has 2 aromatic carbocycles. The molecule has 1 nitrogen and oxygen atoms in total. The largest absolute Gasteiger partial charge is 0.336 e. The SMILES string of the molecule is CCC(C)(C)C1=PP2[C@@]3(c4c(C)cc(C)cc4C)OP4[C@@](c5c(C)cc(C)cc5C)(P13)[C@@]24C(C)(C)CC. The molecule has 4 saturated heterocycles. The van der Waals surface area contributed by atoms with Gasteiger partial charge in [0.15, 0.2) is 0 Å². The molecule has 0 amide bonds. The van der Waals surface area contributed by atoms with Crippen LogP contribution in [0, 0.1) is 52.4 Å². The molecule has 5 heterocycles. The van der Waals surface area contributed by atoms with Crippen molar-refractivity contribution in [3.05, 3.63) is 68.8 Å². The van der Waals surface area contributed by atoms with Gasteiger partial charge in [0, 0.05) is 7.61 Å². The molecule has 6 bridgehead atoms. The van der Waals surface area contributed by atoms with Gasteiger partial charge in [-0.05, 0) is 112 Å². The second kappa shape index (κ2) is 7.99. The Hall–Kier alpha value is -0.140. The maximum atomic E-state index is 7.83. The van der Waals surface area contributed by atoms with Crippen molar-refractivity contribution in [3.8, 4) is 0 Å². The highest BCUT2D eigenvalue weighted by Gasteiger charge is 3.04. The molecule has 5 aliphatic heterocycles. The van der Waals surface area contributed by atoms with Crippen LogP contribution in [0.3, 0.4) is 0 Å². The zero-order chi connectivity index (χ0) is 27.1. The first-order chi connectivity index (χ1) is 17.2. The molecule has 198 valence electrons. The van der Waals surface area contributed by atoms with E-state index in [4.69, 9.17) is 4.52 Å². The van der Waals surface area contributed by atoms with E-state index in [1.54, 1.807) is 19.0 Å². The number of hydrogen-bond acceptors (Lipinski definition) is 1. The van der Waals surface area contributed by atoms with Crippen LogP contribution in [0.25, 0.3) is 0 Å². The van der Waals surface area contributed by atoms with E-state index >= 15 is 0 Å². The van der Waals surface area contributed by atoms with Crippen LogP contribution >= 0.6 is 31.6 Å². The summed E-state index contributed by atoms with van der Waals surface area (Å²) in [6.45, 7) is 29.3. The van der Waals surface area contributed by atoms with Crippen LogP contribution in [-0.4, -0.2) is 9.93 Å². The number of aryl methyl sites for hydroxylation is 6. The normalized spacial score (nSPS) is 35.8. The fourth-order valence-corrected chi connectivity index (χ4v) is 37.0. The minimum atomic E-state index is -0.536. The second-order valence-corrected chi connectivity index (χ2v) is 23.7. The average Bonchev–Trinajstić information content (AvgIpc) is 3.06. The van der Waals surface area contributed by atoms with E-state index in [0.717, 1.165) is 0 Å². The third kappa shape index (κ3) is 2.81. The lowest BCUT2D eigenvalue weighted by atomic mass is 9.81. The van der Waals surface area contributed by atoms with E-state index in [1.807, 2.05) is 5.03 Å². The summed E-state index contributed by atoms with van der Waals surface area (Å²) in [6, 6.07) is 9.82. The summed E-state index contributed by atoms with van der Waals surface area (Å²) in [7, 11) is 0.289. The van der Waals surface area contributed by atoms with Crippen molar-refractivity contribution in [2.24, 2.45) is 10.8 Å². The molecule has 0 radical (unpaired) electrons. The van der Waals surface area contributed by atoms with E-state index in [1.165, 1.54) is 46.2 Å². The Kier molecular flexibility index (Phi) is 5.84. The Balaban J connectivity index is 1.75. The van der Waals surface area contributed by atoms with Gasteiger partial charge < -0.3 is 4.52 Å². The maximum absolute atomic E-state index is 7.83. The van der Waals surface area contributed by atoms with E-state index in [2.05, 4.69) is 107 Å². The zero-order valence-electron chi connectivity index (χ0n) is 24.9. The van der Waals surface area contributed by atoms with Gasteiger partial charge in [0.1, 0.15) is 5.08 Å². The first-order valence-electron chi connectivity index (χ1n) is 14.1. The minimum absolute atomic E-state index is 0.0578. The van der Waals surface area contributed by atoms with Crippen molar-refractivity contribution in [1.29, 1.82) is 0 Å². The van der Waals surface area contributed by atoms with E-state index in [9.17, 15) is 0 Å². The van der Waals surface area contributed by atoms with Crippen molar-refractivity contribution >= 4 is 36.6 Å². The highest BCUT2D eigenvalue weighted by molar-refractivity contribution is 8.41. The van der Waals surface area contributed by atoms with Gasteiger partial charge in [-0.15, -0.1) is 0 Å². The Morgan fingerprint density at radius 2 is 1.24 bits per heavy atom. The number of hydrogen-bond donors (Lipinski definition) is 0. The predicted molar refractivity (Wildman–Crippen MR) is 169 cm³/mol. The van der Waals surface area contributed by atoms with Crippen LogP contribution in [-0.2, 0) is 14.5 Å². The molecule has 3 unspecified atom stereocenters. The molecule has 2 aromatic rings. The van der Waals surface area contributed by atoms with Crippen LogP contribution in [0.1, 0.15) is 98.9 Å². The number of rotatable bonds is 6. The molecule has 0 N–H and O–H groups in total. The van der Waals surface area contributed by atoms with Crippen molar-refractivity contribution in [2.75, 3.05) is 0 Å². The van der Waals surface area contributed by atoms with E-state index in [0.29, 0.717) is 4.90 Å². The molecule has 37 heavy (non-hydrogen) atoms. The fraction of sp³-hybridized carbons (Fsp3) is 0.594. The van der Waals surface area contributed by atoms with Crippen LogP contribution in [0.4, 0.5) is 0 Å². The first-order valence-corrected chi connectivity index (χ1v) is 19.6. The highest BCUT2D eigenvalue weighted by Crippen LogP contribution is 3.29. The summed E-state index contributed by atoms with van der Waals surface area (Å²) in [5.41, 5.74) is 12.6. The van der Waals surface area contributed by atoms with Crippen molar-refractivity contribution in [2.45, 2.75) is 111 Å². The molecule has 0 saturated carbocycles. The van der Waals surface area contributed by atoms with Crippen LogP contribution in [0.15, 0.2) is 24.3 Å². The van der Waals surface area contributed by atoms with Crippen molar-refractivity contribution in [1.82, 2.24) is 0 Å². The third-order valence-electron chi connectivity index (χ3n) is 10.2. The fourth-order valence-electron chi connectivity index (χ4n) is 8.19. The van der Waals surface area contributed by atoms with Gasteiger partial charge in [-0.25, -0.2) is 0 Å². The molecule has 4 fully saturated rings. The molecule has 0 aliphatic carbocycles. The van der Waals surface area contributed by atoms with E-state index < -0.39 is 16.1 Å². The topological polar surface area (TPSA) is 9.23 Å². The van der Waals surface area contributed by atoms with Gasteiger partial charge in [-0.1, -0.05) is 84.8 Å².